The second-order valence-electron chi connectivity index (χ2n) is 16.3. The number of hydrogen-bond acceptors (Lipinski definition) is 4. The van der Waals surface area contributed by atoms with Crippen molar-refractivity contribution in [1.82, 2.24) is 5.32 Å². The molecule has 53 heavy (non-hydrogen) atoms. The average Bonchev–Trinajstić information content (AvgIpc) is 3.16. The van der Waals surface area contributed by atoms with Crippen molar-refractivity contribution in [1.29, 1.82) is 0 Å². The Morgan fingerprint density at radius 2 is 0.774 bits per heavy atom. The Balaban J connectivity index is 3.64. The molecule has 4 N–H and O–H groups in total. The lowest BCUT2D eigenvalue weighted by atomic mass is 10.0. The van der Waals surface area contributed by atoms with Gasteiger partial charge in [0.1, 0.15) is 6.10 Å². The fourth-order valence-electron chi connectivity index (χ4n) is 7.32. The summed E-state index contributed by atoms with van der Waals surface area (Å²) < 4.78 is 0. The van der Waals surface area contributed by atoms with Crippen molar-refractivity contribution < 1.29 is 20.1 Å². The molecule has 0 bridgehead atoms. The van der Waals surface area contributed by atoms with Gasteiger partial charge in [0.05, 0.1) is 18.8 Å². The largest absolute Gasteiger partial charge is 0.394 e. The molecule has 5 heteroatoms. The zero-order chi connectivity index (χ0) is 38.7. The van der Waals surface area contributed by atoms with Gasteiger partial charge in [-0.1, -0.05) is 244 Å². The molecule has 314 valence electrons. The van der Waals surface area contributed by atoms with Gasteiger partial charge in [-0.15, -0.1) is 0 Å². The molecule has 0 rings (SSSR count). The van der Waals surface area contributed by atoms with Crippen LogP contribution in [0.3, 0.4) is 0 Å². The standard InChI is InChI=1S/C48H93NO4/c1-3-5-7-9-11-13-15-17-19-20-21-22-23-24-25-26-27-28-29-31-32-34-36-38-40-42-46(51)45(44-50)49-48(53)47(52)43-41-39-37-35-33-30-18-16-14-12-10-8-6-4-2/h32,34,40,42,45-47,50-52H,3-31,33,35-39,41,43-44H2,1-2H3,(H,49,53)/b34-32+,42-40+. The Kier molecular flexibility index (Phi) is 42.6. The normalized spacial score (nSPS) is 13.7. The summed E-state index contributed by atoms with van der Waals surface area (Å²) in [6.45, 7) is 4.18. The van der Waals surface area contributed by atoms with E-state index in [2.05, 4.69) is 31.3 Å². The number of carbonyl (C=O) groups is 1. The molecule has 0 saturated carbocycles. The first-order valence-electron chi connectivity index (χ1n) is 23.7. The molecular weight excluding hydrogens is 655 g/mol. The minimum atomic E-state index is -1.10. The van der Waals surface area contributed by atoms with Crippen LogP contribution in [0.2, 0.25) is 0 Å². The maximum atomic E-state index is 12.5. The molecule has 0 aliphatic rings. The summed E-state index contributed by atoms with van der Waals surface area (Å²) in [7, 11) is 0. The monoisotopic (exact) mass is 748 g/mol. The average molecular weight is 748 g/mol. The van der Waals surface area contributed by atoms with E-state index in [-0.39, 0.29) is 6.61 Å². The molecule has 0 aromatic heterocycles. The minimum Gasteiger partial charge on any atom is -0.394 e. The van der Waals surface area contributed by atoms with Crippen LogP contribution < -0.4 is 5.32 Å². The van der Waals surface area contributed by atoms with Gasteiger partial charge in [0.25, 0.3) is 0 Å². The minimum absolute atomic E-state index is 0.373. The molecule has 0 aliphatic heterocycles. The second-order valence-corrected chi connectivity index (χ2v) is 16.3. The van der Waals surface area contributed by atoms with Gasteiger partial charge in [-0.05, 0) is 32.1 Å². The van der Waals surface area contributed by atoms with Gasteiger partial charge in [0.2, 0.25) is 5.91 Å². The van der Waals surface area contributed by atoms with Crippen LogP contribution in [0.4, 0.5) is 0 Å². The third-order valence-electron chi connectivity index (χ3n) is 11.0. The number of hydrogen-bond donors (Lipinski definition) is 4. The van der Waals surface area contributed by atoms with E-state index in [1.165, 1.54) is 193 Å². The number of aliphatic hydroxyl groups is 3. The van der Waals surface area contributed by atoms with E-state index in [0.29, 0.717) is 6.42 Å². The van der Waals surface area contributed by atoms with Crippen molar-refractivity contribution >= 4 is 5.91 Å². The highest BCUT2D eigenvalue weighted by Crippen LogP contribution is 2.16. The third-order valence-corrected chi connectivity index (χ3v) is 11.0. The fraction of sp³-hybridized carbons (Fsp3) is 0.896. The predicted octanol–water partition coefficient (Wildman–Crippen LogP) is 13.8. The zero-order valence-corrected chi connectivity index (χ0v) is 35.7. The summed E-state index contributed by atoms with van der Waals surface area (Å²) in [6, 6.07) is -0.811. The smallest absolute Gasteiger partial charge is 0.249 e. The van der Waals surface area contributed by atoms with Crippen molar-refractivity contribution in [3.63, 3.8) is 0 Å². The third kappa shape index (κ3) is 38.9. The van der Waals surface area contributed by atoms with Gasteiger partial charge in [0.15, 0.2) is 0 Å². The van der Waals surface area contributed by atoms with E-state index in [9.17, 15) is 20.1 Å². The number of allylic oxidation sites excluding steroid dienone is 3. The number of unbranched alkanes of at least 4 members (excludes halogenated alkanes) is 33. The van der Waals surface area contributed by atoms with Gasteiger partial charge in [0, 0.05) is 0 Å². The summed E-state index contributed by atoms with van der Waals surface area (Å²) in [5.41, 5.74) is 0. The Morgan fingerprint density at radius 3 is 1.15 bits per heavy atom. The van der Waals surface area contributed by atoms with Crippen molar-refractivity contribution in [2.75, 3.05) is 6.61 Å². The molecule has 0 heterocycles. The molecule has 5 nitrogen and oxygen atoms in total. The Morgan fingerprint density at radius 1 is 0.453 bits per heavy atom. The molecule has 0 radical (unpaired) electrons. The molecule has 0 aromatic carbocycles. The highest BCUT2D eigenvalue weighted by molar-refractivity contribution is 5.80. The number of amides is 1. The summed E-state index contributed by atoms with van der Waals surface area (Å²) in [5.74, 6) is -0.510. The van der Waals surface area contributed by atoms with Crippen LogP contribution in [0.5, 0.6) is 0 Å². The number of rotatable bonds is 43. The molecule has 0 aliphatic carbocycles. The summed E-state index contributed by atoms with van der Waals surface area (Å²) >= 11 is 0. The van der Waals surface area contributed by atoms with Crippen molar-refractivity contribution in [3.05, 3.63) is 24.3 Å². The first-order valence-corrected chi connectivity index (χ1v) is 23.7. The summed E-state index contributed by atoms with van der Waals surface area (Å²) in [4.78, 5) is 12.5. The number of carbonyl (C=O) groups excluding carboxylic acids is 1. The maximum Gasteiger partial charge on any atom is 0.249 e. The molecule has 0 fully saturated rings. The lowest BCUT2D eigenvalue weighted by Crippen LogP contribution is -2.48. The maximum absolute atomic E-state index is 12.5. The van der Waals surface area contributed by atoms with Crippen LogP contribution >= 0.6 is 0 Å². The van der Waals surface area contributed by atoms with E-state index >= 15 is 0 Å². The molecule has 1 amide bonds. The van der Waals surface area contributed by atoms with Crippen molar-refractivity contribution in [2.45, 2.75) is 270 Å². The predicted molar refractivity (Wildman–Crippen MR) is 231 cm³/mol. The van der Waals surface area contributed by atoms with Crippen LogP contribution in [0.1, 0.15) is 251 Å². The zero-order valence-electron chi connectivity index (χ0n) is 35.7. The quantitative estimate of drug-likeness (QED) is 0.0369. The Labute approximate surface area is 331 Å². The molecule has 0 saturated heterocycles. The molecular formula is C48H93NO4. The van der Waals surface area contributed by atoms with Gasteiger partial charge < -0.3 is 20.6 Å². The van der Waals surface area contributed by atoms with Crippen LogP contribution in [0.25, 0.3) is 0 Å². The Hall–Kier alpha value is -1.17. The van der Waals surface area contributed by atoms with E-state index in [4.69, 9.17) is 0 Å². The van der Waals surface area contributed by atoms with Gasteiger partial charge in [-0.3, -0.25) is 4.79 Å². The summed E-state index contributed by atoms with van der Waals surface area (Å²) in [6.07, 6.45) is 53.7. The van der Waals surface area contributed by atoms with Crippen molar-refractivity contribution in [2.24, 2.45) is 0 Å². The second kappa shape index (κ2) is 43.6. The first-order chi connectivity index (χ1) is 26.1. The fourth-order valence-corrected chi connectivity index (χ4v) is 7.32. The number of aliphatic hydroxyl groups excluding tert-OH is 3. The van der Waals surface area contributed by atoms with Crippen LogP contribution in [-0.2, 0) is 4.79 Å². The Bertz CT molecular complexity index is 784. The van der Waals surface area contributed by atoms with E-state index < -0.39 is 24.2 Å². The van der Waals surface area contributed by atoms with Crippen LogP contribution in [0.15, 0.2) is 24.3 Å². The van der Waals surface area contributed by atoms with Gasteiger partial charge in [-0.25, -0.2) is 0 Å². The highest BCUT2D eigenvalue weighted by Gasteiger charge is 2.22. The molecule has 3 atom stereocenters. The van der Waals surface area contributed by atoms with Gasteiger partial charge in [-0.2, -0.15) is 0 Å². The lowest BCUT2D eigenvalue weighted by Gasteiger charge is -2.21. The van der Waals surface area contributed by atoms with E-state index in [1.807, 2.05) is 6.08 Å². The molecule has 0 spiro atoms. The van der Waals surface area contributed by atoms with Gasteiger partial charge >= 0.3 is 0 Å². The van der Waals surface area contributed by atoms with Crippen LogP contribution in [-0.4, -0.2) is 46.1 Å². The molecule has 0 aromatic rings. The highest BCUT2D eigenvalue weighted by atomic mass is 16.3. The number of nitrogens with one attached hydrogen (secondary N) is 1. The first kappa shape index (κ1) is 51.8. The lowest BCUT2D eigenvalue weighted by molar-refractivity contribution is -0.131. The van der Waals surface area contributed by atoms with E-state index in [0.717, 1.165) is 38.5 Å². The van der Waals surface area contributed by atoms with Crippen LogP contribution in [0, 0.1) is 0 Å². The molecule has 3 unspecified atom stereocenters. The van der Waals surface area contributed by atoms with Crippen molar-refractivity contribution in [3.8, 4) is 0 Å². The summed E-state index contributed by atoms with van der Waals surface area (Å²) in [5, 5.41) is 33.1. The topological polar surface area (TPSA) is 89.8 Å². The van der Waals surface area contributed by atoms with E-state index in [1.54, 1.807) is 6.08 Å². The SMILES string of the molecule is CCCCCCCCCCCCCCCCCCCCC/C=C/CC/C=C/C(O)C(CO)NC(=O)C(O)CCCCCCCCCCCCCCCC.